The number of hydrogen-bond acceptors (Lipinski definition) is 6. The zero-order chi connectivity index (χ0) is 13.7. The van der Waals surface area contributed by atoms with Gasteiger partial charge in [-0.2, -0.15) is 0 Å². The number of aromatic amines is 1. The van der Waals surface area contributed by atoms with Gasteiger partial charge in [0, 0.05) is 19.3 Å². The molecule has 7 nitrogen and oxygen atoms in total. The van der Waals surface area contributed by atoms with Crippen molar-refractivity contribution < 1.29 is 9.53 Å². The molecule has 0 aliphatic carbocycles. The maximum absolute atomic E-state index is 11.0. The molecule has 0 amide bonds. The topological polar surface area (TPSA) is 83.1 Å². The first-order valence-corrected chi connectivity index (χ1v) is 5.70. The smallest absolute Gasteiger partial charge is 0.325 e. The number of esters is 1. The molecular weight excluding hydrogens is 246 g/mol. The number of ether oxygens (including phenoxy) is 1. The third kappa shape index (κ3) is 3.21. The highest BCUT2D eigenvalue weighted by atomic mass is 16.5. The Hall–Kier alpha value is -2.57. The van der Waals surface area contributed by atoms with Crippen molar-refractivity contribution in [3.05, 3.63) is 30.7 Å². The summed E-state index contributed by atoms with van der Waals surface area (Å²) in [6, 6.07) is 5.59. The van der Waals surface area contributed by atoms with Crippen LogP contribution in [0.4, 0.5) is 17.5 Å². The van der Waals surface area contributed by atoms with Gasteiger partial charge in [0.1, 0.15) is 30.3 Å². The number of hydrogen-bond donors (Lipinski definition) is 2. The lowest BCUT2D eigenvalue weighted by atomic mass is 10.4. The highest BCUT2D eigenvalue weighted by Gasteiger charge is 2.08. The number of H-pyrrole nitrogens is 1. The molecule has 0 spiro atoms. The van der Waals surface area contributed by atoms with Gasteiger partial charge in [-0.25, -0.2) is 9.97 Å². The van der Waals surface area contributed by atoms with E-state index in [9.17, 15) is 4.79 Å². The molecule has 100 valence electrons. The van der Waals surface area contributed by atoms with Crippen molar-refractivity contribution >= 4 is 23.4 Å². The zero-order valence-corrected chi connectivity index (χ0v) is 10.8. The monoisotopic (exact) mass is 261 g/mol. The van der Waals surface area contributed by atoms with Gasteiger partial charge in [0.15, 0.2) is 0 Å². The molecule has 2 heterocycles. The van der Waals surface area contributed by atoms with Gasteiger partial charge < -0.3 is 19.9 Å². The van der Waals surface area contributed by atoms with E-state index in [-0.39, 0.29) is 12.5 Å². The van der Waals surface area contributed by atoms with E-state index in [0.717, 1.165) is 5.82 Å². The Morgan fingerprint density at radius 1 is 1.53 bits per heavy atom. The fourth-order valence-corrected chi connectivity index (χ4v) is 1.51. The summed E-state index contributed by atoms with van der Waals surface area (Å²) < 4.78 is 4.55. The van der Waals surface area contributed by atoms with E-state index in [0.29, 0.717) is 11.6 Å². The molecule has 0 bridgehead atoms. The third-order valence-corrected chi connectivity index (χ3v) is 2.58. The Bertz CT molecular complexity index is 541. The number of nitrogens with zero attached hydrogens (tertiary/aromatic N) is 3. The van der Waals surface area contributed by atoms with Gasteiger partial charge in [-0.1, -0.05) is 0 Å². The maximum Gasteiger partial charge on any atom is 0.325 e. The van der Waals surface area contributed by atoms with Crippen LogP contribution in [0.25, 0.3) is 0 Å². The minimum Gasteiger partial charge on any atom is -0.468 e. The standard InChI is InChI=1S/C12H15N5O2/c1-17(10-4-3-5-13-10)11-6-9(15-8-16-11)14-7-12(18)19-2/h3-6,8,13H,7H2,1-2H3,(H,14,15,16). The van der Waals surface area contributed by atoms with Crippen LogP contribution in [-0.4, -0.2) is 41.6 Å². The Balaban J connectivity index is 2.08. The molecule has 2 rings (SSSR count). The fourth-order valence-electron chi connectivity index (χ4n) is 1.51. The first-order chi connectivity index (χ1) is 9.20. The molecule has 0 aromatic carbocycles. The molecular formula is C12H15N5O2. The molecule has 0 saturated carbocycles. The van der Waals surface area contributed by atoms with Crippen molar-refractivity contribution in [2.45, 2.75) is 0 Å². The number of rotatable bonds is 5. The van der Waals surface area contributed by atoms with E-state index in [1.54, 1.807) is 6.07 Å². The number of carbonyl (C=O) groups is 1. The summed E-state index contributed by atoms with van der Waals surface area (Å²) in [5.41, 5.74) is 0. The minimum absolute atomic E-state index is 0.0686. The molecule has 0 aliphatic rings. The van der Waals surface area contributed by atoms with Gasteiger partial charge in [0.25, 0.3) is 0 Å². The molecule has 2 N–H and O–H groups in total. The maximum atomic E-state index is 11.0. The summed E-state index contributed by atoms with van der Waals surface area (Å²) in [5, 5.41) is 2.87. The molecule has 2 aromatic heterocycles. The summed E-state index contributed by atoms with van der Waals surface area (Å²) in [4.78, 5) is 24.2. The van der Waals surface area contributed by atoms with E-state index in [1.807, 2.05) is 30.3 Å². The van der Waals surface area contributed by atoms with Gasteiger partial charge in [0.2, 0.25) is 0 Å². The summed E-state index contributed by atoms with van der Waals surface area (Å²) in [7, 11) is 3.23. The molecule has 0 unspecified atom stereocenters. The first-order valence-electron chi connectivity index (χ1n) is 5.70. The van der Waals surface area contributed by atoms with Crippen molar-refractivity contribution in [3.63, 3.8) is 0 Å². The molecule has 0 fully saturated rings. The van der Waals surface area contributed by atoms with Crippen LogP contribution < -0.4 is 10.2 Å². The molecule has 0 atom stereocenters. The second-order valence-electron chi connectivity index (χ2n) is 3.81. The van der Waals surface area contributed by atoms with E-state index >= 15 is 0 Å². The number of nitrogens with one attached hydrogen (secondary N) is 2. The number of anilines is 3. The van der Waals surface area contributed by atoms with Crippen LogP contribution in [0.15, 0.2) is 30.7 Å². The highest BCUT2D eigenvalue weighted by molar-refractivity contribution is 5.74. The quantitative estimate of drug-likeness (QED) is 0.786. The van der Waals surface area contributed by atoms with Crippen LogP contribution in [0.1, 0.15) is 0 Å². The Kier molecular flexibility index (Phi) is 3.97. The van der Waals surface area contributed by atoms with Crippen molar-refractivity contribution in [2.75, 3.05) is 30.9 Å². The minimum atomic E-state index is -0.349. The van der Waals surface area contributed by atoms with Gasteiger partial charge in [-0.15, -0.1) is 0 Å². The molecule has 0 aliphatic heterocycles. The number of carbonyl (C=O) groups excluding carboxylic acids is 1. The Morgan fingerprint density at radius 2 is 2.37 bits per heavy atom. The molecule has 7 heteroatoms. The van der Waals surface area contributed by atoms with Gasteiger partial charge in [-0.05, 0) is 12.1 Å². The number of aromatic nitrogens is 3. The normalized spacial score (nSPS) is 10.0. The molecule has 0 saturated heterocycles. The van der Waals surface area contributed by atoms with Gasteiger partial charge >= 0.3 is 5.97 Å². The van der Waals surface area contributed by atoms with E-state index in [2.05, 4.69) is 25.0 Å². The first kappa shape index (κ1) is 12.9. The van der Waals surface area contributed by atoms with E-state index in [4.69, 9.17) is 0 Å². The van der Waals surface area contributed by atoms with Gasteiger partial charge in [0.05, 0.1) is 7.11 Å². The Labute approximate surface area is 110 Å². The van der Waals surface area contributed by atoms with Gasteiger partial charge in [-0.3, -0.25) is 4.79 Å². The largest absolute Gasteiger partial charge is 0.468 e. The summed E-state index contributed by atoms with van der Waals surface area (Å²) in [5.74, 6) is 1.84. The van der Waals surface area contributed by atoms with Crippen LogP contribution in [-0.2, 0) is 9.53 Å². The second-order valence-corrected chi connectivity index (χ2v) is 3.81. The average molecular weight is 261 g/mol. The fraction of sp³-hybridized carbons (Fsp3) is 0.250. The van der Waals surface area contributed by atoms with Crippen molar-refractivity contribution in [3.8, 4) is 0 Å². The zero-order valence-electron chi connectivity index (χ0n) is 10.8. The van der Waals surface area contributed by atoms with Crippen molar-refractivity contribution in [1.29, 1.82) is 0 Å². The van der Waals surface area contributed by atoms with Crippen molar-refractivity contribution in [2.24, 2.45) is 0 Å². The highest BCUT2D eigenvalue weighted by Crippen LogP contribution is 2.20. The Morgan fingerprint density at radius 3 is 3.05 bits per heavy atom. The van der Waals surface area contributed by atoms with E-state index < -0.39 is 0 Å². The predicted octanol–water partition coefficient (Wildman–Crippen LogP) is 1.16. The molecule has 19 heavy (non-hydrogen) atoms. The predicted molar refractivity (Wildman–Crippen MR) is 71.4 cm³/mol. The lowest BCUT2D eigenvalue weighted by Crippen LogP contribution is -2.17. The van der Waals surface area contributed by atoms with Crippen LogP contribution >= 0.6 is 0 Å². The summed E-state index contributed by atoms with van der Waals surface area (Å²) >= 11 is 0. The third-order valence-electron chi connectivity index (χ3n) is 2.58. The summed E-state index contributed by atoms with van der Waals surface area (Å²) in [6.45, 7) is 0.0686. The molecule has 2 aromatic rings. The van der Waals surface area contributed by atoms with E-state index in [1.165, 1.54) is 13.4 Å². The van der Waals surface area contributed by atoms with Crippen LogP contribution in [0, 0.1) is 0 Å². The SMILES string of the molecule is COC(=O)CNc1cc(N(C)c2ccc[nH]2)ncn1. The van der Waals surface area contributed by atoms with Crippen LogP contribution in [0.5, 0.6) is 0 Å². The van der Waals surface area contributed by atoms with Crippen molar-refractivity contribution in [1.82, 2.24) is 15.0 Å². The number of methoxy groups -OCH3 is 1. The second kappa shape index (κ2) is 5.85. The lowest BCUT2D eigenvalue weighted by Gasteiger charge is -2.16. The lowest BCUT2D eigenvalue weighted by molar-refractivity contribution is -0.138. The summed E-state index contributed by atoms with van der Waals surface area (Å²) in [6.07, 6.45) is 3.28. The molecule has 0 radical (unpaired) electrons. The average Bonchev–Trinajstić information content (AvgIpc) is 2.98. The van der Waals surface area contributed by atoms with Crippen LogP contribution in [0.2, 0.25) is 0 Å². The van der Waals surface area contributed by atoms with Crippen LogP contribution in [0.3, 0.4) is 0 Å².